The summed E-state index contributed by atoms with van der Waals surface area (Å²) in [6.07, 6.45) is 5.69. The maximum atomic E-state index is 11.9. The van der Waals surface area contributed by atoms with Crippen molar-refractivity contribution in [3.8, 4) is 16.9 Å². The first-order valence-electron chi connectivity index (χ1n) is 9.28. The van der Waals surface area contributed by atoms with Crippen molar-refractivity contribution in [1.82, 2.24) is 9.88 Å². The number of carbonyl (C=O) groups is 2. The molecule has 1 fully saturated rings. The summed E-state index contributed by atoms with van der Waals surface area (Å²) in [6, 6.07) is 8.13. The summed E-state index contributed by atoms with van der Waals surface area (Å²) in [7, 11) is 1.82. The number of carbonyl (C=O) groups excluding carboxylic acids is 2. The van der Waals surface area contributed by atoms with E-state index in [2.05, 4.69) is 11.1 Å². The maximum Gasteiger partial charge on any atom is 0.227 e. The number of amides is 2. The zero-order valence-corrected chi connectivity index (χ0v) is 15.6. The first-order valence-corrected chi connectivity index (χ1v) is 9.28. The number of likely N-dealkylation sites (tertiary alicyclic amines) is 1. The molecule has 0 unspecified atom stereocenters. The first-order chi connectivity index (χ1) is 13.0. The molecule has 1 aromatic heterocycles. The van der Waals surface area contributed by atoms with Gasteiger partial charge in [-0.25, -0.2) is 0 Å². The van der Waals surface area contributed by atoms with Crippen LogP contribution in [0.15, 0.2) is 36.7 Å². The van der Waals surface area contributed by atoms with Crippen LogP contribution in [0.3, 0.4) is 0 Å². The van der Waals surface area contributed by atoms with Crippen LogP contribution in [0.5, 0.6) is 5.75 Å². The highest BCUT2D eigenvalue weighted by Gasteiger charge is 2.26. The van der Waals surface area contributed by atoms with Crippen LogP contribution in [0.2, 0.25) is 0 Å². The Morgan fingerprint density at radius 2 is 2.04 bits per heavy atom. The quantitative estimate of drug-likeness (QED) is 0.839. The van der Waals surface area contributed by atoms with Gasteiger partial charge in [-0.3, -0.25) is 14.6 Å². The molecular weight excluding hydrogens is 342 g/mol. The third-order valence-corrected chi connectivity index (χ3v) is 5.36. The van der Waals surface area contributed by atoms with Gasteiger partial charge >= 0.3 is 0 Å². The second-order valence-corrected chi connectivity index (χ2v) is 7.20. The van der Waals surface area contributed by atoms with E-state index in [4.69, 9.17) is 4.74 Å². The highest BCUT2D eigenvalue weighted by atomic mass is 16.5. The number of fused-ring (bicyclic) bond motifs is 1. The van der Waals surface area contributed by atoms with Gasteiger partial charge in [0.05, 0.1) is 12.7 Å². The molecule has 0 spiro atoms. The summed E-state index contributed by atoms with van der Waals surface area (Å²) in [6.45, 7) is 2.95. The largest absolute Gasteiger partial charge is 0.487 e. The zero-order chi connectivity index (χ0) is 19.0. The summed E-state index contributed by atoms with van der Waals surface area (Å²) in [4.78, 5) is 31.2. The van der Waals surface area contributed by atoms with Gasteiger partial charge in [0.2, 0.25) is 11.8 Å². The van der Waals surface area contributed by atoms with Crippen molar-refractivity contribution in [3.63, 3.8) is 0 Å². The van der Waals surface area contributed by atoms with Crippen LogP contribution in [0.4, 0.5) is 5.69 Å². The lowest BCUT2D eigenvalue weighted by atomic mass is 9.97. The van der Waals surface area contributed by atoms with E-state index in [1.54, 1.807) is 18.0 Å². The molecule has 2 aliphatic heterocycles. The monoisotopic (exact) mass is 365 g/mol. The van der Waals surface area contributed by atoms with Crippen molar-refractivity contribution in [2.24, 2.45) is 0 Å². The topological polar surface area (TPSA) is 62.7 Å². The standard InChI is InChI=1S/C21H23N3O3/c1-14(25)24-8-7-18(13-24)27-19-10-17(11-22-12-19)15-3-5-20-16(9-15)4-6-21(26)23(20)2/h3,5,9-12,18H,4,6-8,13H2,1-2H3/t18-/m0/s1. The van der Waals surface area contributed by atoms with Crippen LogP contribution < -0.4 is 9.64 Å². The third-order valence-electron chi connectivity index (χ3n) is 5.36. The second-order valence-electron chi connectivity index (χ2n) is 7.20. The Morgan fingerprint density at radius 1 is 1.19 bits per heavy atom. The molecule has 2 aromatic rings. The number of aryl methyl sites for hydroxylation is 1. The number of rotatable bonds is 3. The van der Waals surface area contributed by atoms with E-state index in [9.17, 15) is 9.59 Å². The van der Waals surface area contributed by atoms with Crippen molar-refractivity contribution in [3.05, 3.63) is 42.2 Å². The molecule has 140 valence electrons. The lowest BCUT2D eigenvalue weighted by Gasteiger charge is -2.26. The predicted octanol–water partition coefficient (Wildman–Crippen LogP) is 2.66. The van der Waals surface area contributed by atoms with Gasteiger partial charge in [0, 0.05) is 50.8 Å². The summed E-state index contributed by atoms with van der Waals surface area (Å²) in [5, 5.41) is 0. The lowest BCUT2D eigenvalue weighted by Crippen LogP contribution is -2.30. The van der Waals surface area contributed by atoms with E-state index >= 15 is 0 Å². The molecule has 27 heavy (non-hydrogen) atoms. The van der Waals surface area contributed by atoms with Crippen molar-refractivity contribution in [2.45, 2.75) is 32.3 Å². The molecule has 6 heteroatoms. The zero-order valence-electron chi connectivity index (χ0n) is 15.6. The highest BCUT2D eigenvalue weighted by Crippen LogP contribution is 2.32. The van der Waals surface area contributed by atoms with Crippen LogP contribution in [-0.2, 0) is 16.0 Å². The van der Waals surface area contributed by atoms with Crippen molar-refractivity contribution >= 4 is 17.5 Å². The number of aromatic nitrogens is 1. The molecular formula is C21H23N3O3. The molecule has 2 aliphatic rings. The lowest BCUT2D eigenvalue weighted by molar-refractivity contribution is -0.128. The van der Waals surface area contributed by atoms with Gasteiger partial charge in [-0.15, -0.1) is 0 Å². The van der Waals surface area contributed by atoms with Gasteiger partial charge in [0.15, 0.2) is 0 Å². The number of hydrogen-bond acceptors (Lipinski definition) is 4. The van der Waals surface area contributed by atoms with E-state index in [0.717, 1.165) is 36.2 Å². The van der Waals surface area contributed by atoms with Crippen molar-refractivity contribution < 1.29 is 14.3 Å². The fourth-order valence-electron chi connectivity index (χ4n) is 3.78. The van der Waals surface area contributed by atoms with Crippen molar-refractivity contribution in [2.75, 3.05) is 25.0 Å². The fourth-order valence-corrected chi connectivity index (χ4v) is 3.78. The average Bonchev–Trinajstić information content (AvgIpc) is 3.13. The van der Waals surface area contributed by atoms with E-state index in [0.29, 0.717) is 18.7 Å². The number of anilines is 1. The Bertz CT molecular complexity index is 896. The Morgan fingerprint density at radius 3 is 2.81 bits per heavy atom. The maximum absolute atomic E-state index is 11.9. The smallest absolute Gasteiger partial charge is 0.227 e. The molecule has 0 saturated carbocycles. The Balaban J connectivity index is 1.53. The minimum atomic E-state index is 0.00847. The molecule has 0 bridgehead atoms. The second kappa shape index (κ2) is 7.02. The van der Waals surface area contributed by atoms with E-state index in [1.807, 2.05) is 36.3 Å². The molecule has 4 rings (SSSR count). The number of nitrogens with zero attached hydrogens (tertiary/aromatic N) is 3. The SMILES string of the molecule is CC(=O)N1CC[C@H](Oc2cncc(-c3ccc4c(c3)CCC(=O)N4C)c2)C1. The molecule has 2 amide bonds. The number of ether oxygens (including phenoxy) is 1. The van der Waals surface area contributed by atoms with Gasteiger partial charge in [-0.2, -0.15) is 0 Å². The van der Waals surface area contributed by atoms with Gasteiger partial charge in [0.25, 0.3) is 0 Å². The van der Waals surface area contributed by atoms with Crippen LogP contribution >= 0.6 is 0 Å². The molecule has 0 radical (unpaired) electrons. The summed E-state index contributed by atoms with van der Waals surface area (Å²) in [5.74, 6) is 0.960. The van der Waals surface area contributed by atoms with E-state index in [-0.39, 0.29) is 17.9 Å². The molecule has 6 nitrogen and oxygen atoms in total. The van der Waals surface area contributed by atoms with Crippen LogP contribution in [0.1, 0.15) is 25.3 Å². The number of pyridine rings is 1. The number of benzene rings is 1. The highest BCUT2D eigenvalue weighted by molar-refractivity contribution is 5.96. The van der Waals surface area contributed by atoms with Gasteiger partial charge in [-0.05, 0) is 35.7 Å². The molecule has 1 saturated heterocycles. The number of hydrogen-bond donors (Lipinski definition) is 0. The van der Waals surface area contributed by atoms with Crippen molar-refractivity contribution in [1.29, 1.82) is 0 Å². The molecule has 0 N–H and O–H groups in total. The minimum Gasteiger partial charge on any atom is -0.487 e. The summed E-state index contributed by atoms with van der Waals surface area (Å²) < 4.78 is 6.05. The first kappa shape index (κ1) is 17.5. The fraction of sp³-hybridized carbons (Fsp3) is 0.381. The van der Waals surface area contributed by atoms with E-state index < -0.39 is 0 Å². The van der Waals surface area contributed by atoms with Crippen LogP contribution in [0.25, 0.3) is 11.1 Å². The summed E-state index contributed by atoms with van der Waals surface area (Å²) >= 11 is 0. The van der Waals surface area contributed by atoms with Gasteiger partial charge in [0.1, 0.15) is 11.9 Å². The molecule has 3 heterocycles. The average molecular weight is 365 g/mol. The Labute approximate surface area is 158 Å². The third kappa shape index (κ3) is 3.52. The molecule has 1 atom stereocenters. The Hall–Kier alpha value is -2.89. The van der Waals surface area contributed by atoms with E-state index in [1.165, 1.54) is 5.56 Å². The molecule has 1 aromatic carbocycles. The van der Waals surface area contributed by atoms with Crippen LogP contribution in [-0.4, -0.2) is 47.9 Å². The molecule has 0 aliphatic carbocycles. The van der Waals surface area contributed by atoms with Gasteiger partial charge < -0.3 is 14.5 Å². The minimum absolute atomic E-state index is 0.00847. The predicted molar refractivity (Wildman–Crippen MR) is 103 cm³/mol. The summed E-state index contributed by atoms with van der Waals surface area (Å²) in [5.41, 5.74) is 4.20. The van der Waals surface area contributed by atoms with Crippen LogP contribution in [0, 0.1) is 0 Å². The Kier molecular flexibility index (Phi) is 4.56. The normalized spacial score (nSPS) is 19.2. The van der Waals surface area contributed by atoms with Gasteiger partial charge in [-0.1, -0.05) is 6.07 Å².